The molecule has 0 radical (unpaired) electrons. The number of nitrogens with zero attached hydrogens (tertiary/aromatic N) is 1. The Morgan fingerprint density at radius 3 is 2.57 bits per heavy atom. The molecule has 2 aromatic rings. The van der Waals surface area contributed by atoms with Crippen LogP contribution in [0, 0.1) is 12.3 Å². The zero-order valence-electron chi connectivity index (χ0n) is 15.9. The van der Waals surface area contributed by atoms with Crippen LogP contribution in [0.25, 0.3) is 0 Å². The monoisotopic (exact) mass is 446 g/mol. The summed E-state index contributed by atoms with van der Waals surface area (Å²) < 4.78 is 32.4. The number of amides is 1. The van der Waals surface area contributed by atoms with Crippen molar-refractivity contribution < 1.29 is 22.7 Å². The molecule has 0 bridgehead atoms. The van der Waals surface area contributed by atoms with Gasteiger partial charge >= 0.3 is 5.97 Å². The van der Waals surface area contributed by atoms with E-state index in [4.69, 9.17) is 22.8 Å². The van der Waals surface area contributed by atoms with E-state index in [1.807, 2.05) is 0 Å². The summed E-state index contributed by atoms with van der Waals surface area (Å²) in [7, 11) is -4.04. The summed E-state index contributed by atoms with van der Waals surface area (Å²) in [6.07, 6.45) is 6.48. The number of ether oxygens (including phenoxy) is 1. The molecule has 7 nitrogen and oxygen atoms in total. The van der Waals surface area contributed by atoms with Crippen molar-refractivity contribution in [3.05, 3.63) is 71.8 Å². The third kappa shape index (κ3) is 5.63. The van der Waals surface area contributed by atoms with Gasteiger partial charge in [0.05, 0.1) is 34.3 Å². The maximum atomic E-state index is 13.2. The minimum atomic E-state index is -4.04. The van der Waals surface area contributed by atoms with Gasteiger partial charge in [0.25, 0.3) is 15.9 Å². The minimum absolute atomic E-state index is 0.0104. The number of carbonyl (C=O) groups excluding carboxylic acids is 2. The predicted molar refractivity (Wildman–Crippen MR) is 115 cm³/mol. The van der Waals surface area contributed by atoms with Crippen molar-refractivity contribution in [2.75, 3.05) is 24.0 Å². The first-order valence-electron chi connectivity index (χ1n) is 8.66. The minimum Gasteiger partial charge on any atom is -0.452 e. The Balaban J connectivity index is 2.32. The van der Waals surface area contributed by atoms with Gasteiger partial charge in [-0.1, -0.05) is 41.8 Å². The molecule has 2 aromatic carbocycles. The lowest BCUT2D eigenvalue weighted by Gasteiger charge is -2.23. The van der Waals surface area contributed by atoms with Gasteiger partial charge in [-0.3, -0.25) is 9.10 Å². The van der Waals surface area contributed by atoms with Crippen LogP contribution in [0.2, 0.25) is 5.02 Å². The lowest BCUT2D eigenvalue weighted by molar-refractivity contribution is -0.123. The first-order valence-corrected chi connectivity index (χ1v) is 10.5. The van der Waals surface area contributed by atoms with Crippen molar-refractivity contribution in [3.63, 3.8) is 0 Å². The van der Waals surface area contributed by atoms with E-state index in [2.05, 4.69) is 17.8 Å². The molecule has 0 heterocycles. The van der Waals surface area contributed by atoms with E-state index in [0.717, 1.165) is 10.4 Å². The number of sulfonamides is 1. The van der Waals surface area contributed by atoms with Gasteiger partial charge in [-0.15, -0.1) is 13.0 Å². The molecule has 2 rings (SSSR count). The molecule has 156 valence electrons. The topological polar surface area (TPSA) is 92.8 Å². The second kappa shape index (κ2) is 10.5. The summed E-state index contributed by atoms with van der Waals surface area (Å²) in [6, 6.07) is 12.1. The lowest BCUT2D eigenvalue weighted by Crippen LogP contribution is -2.31. The zero-order valence-corrected chi connectivity index (χ0v) is 17.4. The summed E-state index contributed by atoms with van der Waals surface area (Å²) in [4.78, 5) is 23.7. The molecule has 0 atom stereocenters. The molecule has 9 heteroatoms. The van der Waals surface area contributed by atoms with Gasteiger partial charge in [-0.2, -0.15) is 0 Å². The Morgan fingerprint density at radius 2 is 1.93 bits per heavy atom. The molecule has 0 fully saturated rings. The summed E-state index contributed by atoms with van der Waals surface area (Å²) in [5.41, 5.74) is 0.246. The number of terminal acetylenes is 1. The highest BCUT2D eigenvalue weighted by Crippen LogP contribution is 2.27. The van der Waals surface area contributed by atoms with E-state index in [1.54, 1.807) is 30.3 Å². The number of rotatable bonds is 9. The van der Waals surface area contributed by atoms with Crippen LogP contribution in [0.4, 0.5) is 5.69 Å². The molecular weight excluding hydrogens is 428 g/mol. The summed E-state index contributed by atoms with van der Waals surface area (Å²) in [6.45, 7) is 3.03. The first kappa shape index (κ1) is 23.0. The summed E-state index contributed by atoms with van der Waals surface area (Å²) in [5, 5.41) is 2.32. The molecule has 0 saturated carbocycles. The fourth-order valence-electron chi connectivity index (χ4n) is 2.41. The number of anilines is 1. The smallest absolute Gasteiger partial charge is 0.340 e. The summed E-state index contributed by atoms with van der Waals surface area (Å²) >= 11 is 6.05. The maximum Gasteiger partial charge on any atom is 0.340 e. The van der Waals surface area contributed by atoms with Crippen LogP contribution in [0.3, 0.4) is 0 Å². The van der Waals surface area contributed by atoms with E-state index in [0.29, 0.717) is 5.69 Å². The number of para-hydroxylation sites is 1. The SMILES string of the molecule is C#CCNC(=O)COC(=O)c1cc(S(=O)(=O)N(CC=C)c2ccccc2)ccc1Cl. The maximum absolute atomic E-state index is 13.2. The standard InChI is InChI=1S/C21H19ClN2O5S/c1-3-12-23-20(25)15-29-21(26)18-14-17(10-11-19(18)22)30(27,28)24(13-4-2)16-8-6-5-7-9-16/h1,4-11,14H,2,12-13,15H2,(H,23,25). The van der Waals surface area contributed by atoms with Crippen LogP contribution >= 0.6 is 11.6 Å². The van der Waals surface area contributed by atoms with Crippen molar-refractivity contribution in [1.29, 1.82) is 0 Å². The number of hydrogen-bond donors (Lipinski definition) is 1. The van der Waals surface area contributed by atoms with Gasteiger partial charge in [-0.05, 0) is 30.3 Å². The highest BCUT2D eigenvalue weighted by atomic mass is 35.5. The average molecular weight is 447 g/mol. The van der Waals surface area contributed by atoms with Crippen LogP contribution in [0.15, 0.2) is 66.1 Å². The molecule has 0 spiro atoms. The number of nitrogens with one attached hydrogen (secondary N) is 1. The van der Waals surface area contributed by atoms with Crippen molar-refractivity contribution in [1.82, 2.24) is 5.32 Å². The molecule has 0 saturated heterocycles. The van der Waals surface area contributed by atoms with Gasteiger partial charge in [0.2, 0.25) is 0 Å². The molecule has 1 amide bonds. The van der Waals surface area contributed by atoms with Gasteiger partial charge in [0.1, 0.15) is 0 Å². The van der Waals surface area contributed by atoms with Crippen molar-refractivity contribution in [2.24, 2.45) is 0 Å². The van der Waals surface area contributed by atoms with Gasteiger partial charge in [-0.25, -0.2) is 13.2 Å². The molecule has 30 heavy (non-hydrogen) atoms. The summed E-state index contributed by atoms with van der Waals surface area (Å²) in [5.74, 6) is 0.677. The molecule has 0 aliphatic heterocycles. The molecule has 0 unspecified atom stereocenters. The van der Waals surface area contributed by atoms with Gasteiger partial charge in [0, 0.05) is 0 Å². The zero-order chi connectivity index (χ0) is 22.1. The van der Waals surface area contributed by atoms with Crippen LogP contribution in [0.1, 0.15) is 10.4 Å². The van der Waals surface area contributed by atoms with E-state index < -0.39 is 28.5 Å². The van der Waals surface area contributed by atoms with E-state index in [1.165, 1.54) is 18.2 Å². The van der Waals surface area contributed by atoms with Crippen molar-refractivity contribution >= 4 is 39.2 Å². The predicted octanol–water partition coefficient (Wildman–Crippen LogP) is 2.63. The number of halogens is 1. The van der Waals surface area contributed by atoms with Crippen LogP contribution < -0.4 is 9.62 Å². The number of hydrogen-bond acceptors (Lipinski definition) is 5. The second-order valence-corrected chi connectivity index (χ2v) is 8.13. The molecule has 0 aliphatic rings. The third-order valence-electron chi connectivity index (χ3n) is 3.81. The Bertz CT molecular complexity index is 1080. The second-order valence-electron chi connectivity index (χ2n) is 5.86. The number of benzene rings is 2. The van der Waals surface area contributed by atoms with Crippen LogP contribution in [-0.4, -0.2) is 40.0 Å². The average Bonchev–Trinajstić information content (AvgIpc) is 2.74. The highest BCUT2D eigenvalue weighted by Gasteiger charge is 2.26. The number of carbonyl (C=O) groups is 2. The van der Waals surface area contributed by atoms with Gasteiger partial charge < -0.3 is 10.1 Å². The first-order chi connectivity index (χ1) is 14.3. The van der Waals surface area contributed by atoms with E-state index in [9.17, 15) is 18.0 Å². The van der Waals surface area contributed by atoms with Crippen LogP contribution in [0.5, 0.6) is 0 Å². The fraction of sp³-hybridized carbons (Fsp3) is 0.143. The molecule has 1 N–H and O–H groups in total. The van der Waals surface area contributed by atoms with Crippen LogP contribution in [-0.2, 0) is 19.6 Å². The fourth-order valence-corrected chi connectivity index (χ4v) is 4.07. The Labute approximate surface area is 180 Å². The van der Waals surface area contributed by atoms with E-state index in [-0.39, 0.29) is 28.6 Å². The largest absolute Gasteiger partial charge is 0.452 e. The quantitative estimate of drug-likeness (QED) is 0.363. The third-order valence-corrected chi connectivity index (χ3v) is 5.93. The van der Waals surface area contributed by atoms with Crippen molar-refractivity contribution in [3.8, 4) is 12.3 Å². The number of esters is 1. The molecular formula is C21H19ClN2O5S. The van der Waals surface area contributed by atoms with Crippen molar-refractivity contribution in [2.45, 2.75) is 4.90 Å². The Kier molecular flexibility index (Phi) is 8.04. The van der Waals surface area contributed by atoms with Gasteiger partial charge in [0.15, 0.2) is 6.61 Å². The highest BCUT2D eigenvalue weighted by molar-refractivity contribution is 7.92. The molecule has 0 aromatic heterocycles. The normalized spacial score (nSPS) is 10.5. The Morgan fingerprint density at radius 1 is 1.23 bits per heavy atom. The molecule has 0 aliphatic carbocycles. The lowest BCUT2D eigenvalue weighted by atomic mass is 10.2. The Hall–Kier alpha value is -3.28. The van der Waals surface area contributed by atoms with E-state index >= 15 is 0 Å².